The van der Waals surface area contributed by atoms with Crippen LogP contribution in [-0.2, 0) is 29.2 Å². The van der Waals surface area contributed by atoms with Crippen LogP contribution < -0.4 is 0 Å². The van der Waals surface area contributed by atoms with Crippen LogP contribution >= 0.6 is 0 Å². The first-order chi connectivity index (χ1) is 30.0. The summed E-state index contributed by atoms with van der Waals surface area (Å²) in [7, 11) is -9.22. The van der Waals surface area contributed by atoms with Crippen molar-refractivity contribution < 1.29 is 34.3 Å². The van der Waals surface area contributed by atoms with Gasteiger partial charge in [-0.2, -0.15) is 0 Å². The molecule has 0 aromatic heterocycles. The standard InChI is InChI=1S/2C26H52O4S.Ca/c2*1-3-5-7-9-11-13-15-17-19-21-23-26(25-30-31(27,28)29)24-22-20-18-16-14-12-10-8-6-4-2;/h2*21,23,26H,3-20,22,24-25H2,1-2H3,(H,27,28,29);/q;;+2/p-2/b2*23-21+;. The maximum atomic E-state index is 10.8. The van der Waals surface area contributed by atoms with Crippen molar-refractivity contribution in [1.82, 2.24) is 0 Å². The van der Waals surface area contributed by atoms with E-state index < -0.39 is 20.8 Å². The van der Waals surface area contributed by atoms with Gasteiger partial charge in [0.25, 0.3) is 0 Å². The zero-order valence-electron chi connectivity index (χ0n) is 42.0. The Morgan fingerprint density at radius 3 is 0.778 bits per heavy atom. The van der Waals surface area contributed by atoms with Crippen LogP contribution in [0.1, 0.15) is 285 Å². The van der Waals surface area contributed by atoms with Crippen molar-refractivity contribution in [2.45, 2.75) is 285 Å². The van der Waals surface area contributed by atoms with E-state index >= 15 is 0 Å². The molecule has 0 amide bonds. The van der Waals surface area contributed by atoms with Crippen molar-refractivity contribution in [1.29, 1.82) is 0 Å². The van der Waals surface area contributed by atoms with E-state index in [0.717, 1.165) is 38.5 Å². The van der Waals surface area contributed by atoms with Crippen molar-refractivity contribution in [2.75, 3.05) is 13.2 Å². The summed E-state index contributed by atoms with van der Waals surface area (Å²) in [6.45, 7) is 8.95. The van der Waals surface area contributed by atoms with Crippen molar-refractivity contribution >= 4 is 58.5 Å². The first-order valence-electron chi connectivity index (χ1n) is 26.5. The van der Waals surface area contributed by atoms with Gasteiger partial charge in [-0.15, -0.1) is 0 Å². The molecule has 372 valence electrons. The topological polar surface area (TPSA) is 133 Å². The maximum Gasteiger partial charge on any atom is 2.00 e. The van der Waals surface area contributed by atoms with Gasteiger partial charge < -0.3 is 9.11 Å². The van der Waals surface area contributed by atoms with E-state index in [1.54, 1.807) is 0 Å². The minimum absolute atomic E-state index is 0. The Kier molecular flexibility index (Phi) is 57.5. The molecule has 2 unspecified atom stereocenters. The fraction of sp³-hybridized carbons (Fsp3) is 0.923. The fourth-order valence-electron chi connectivity index (χ4n) is 7.97. The van der Waals surface area contributed by atoms with Gasteiger partial charge in [0.1, 0.15) is 0 Å². The summed E-state index contributed by atoms with van der Waals surface area (Å²) in [5, 5.41) is 0. The molecule has 63 heavy (non-hydrogen) atoms. The van der Waals surface area contributed by atoms with E-state index in [0.29, 0.717) is 0 Å². The molecule has 0 aliphatic heterocycles. The summed E-state index contributed by atoms with van der Waals surface area (Å²) in [6, 6.07) is 0. The van der Waals surface area contributed by atoms with E-state index in [1.165, 1.54) is 218 Å². The first kappa shape index (κ1) is 67.7. The van der Waals surface area contributed by atoms with Crippen molar-refractivity contribution in [3.63, 3.8) is 0 Å². The van der Waals surface area contributed by atoms with Crippen LogP contribution in [0.25, 0.3) is 0 Å². The number of unbranched alkanes of at least 4 members (excludes halogenated alkanes) is 34. The van der Waals surface area contributed by atoms with Crippen LogP contribution in [0.2, 0.25) is 0 Å². The van der Waals surface area contributed by atoms with Gasteiger partial charge in [0.2, 0.25) is 20.8 Å². The molecule has 0 aromatic carbocycles. The zero-order valence-corrected chi connectivity index (χ0v) is 45.8. The molecule has 0 saturated heterocycles. The molecule has 8 nitrogen and oxygen atoms in total. The summed E-state index contributed by atoms with van der Waals surface area (Å²) in [5.74, 6) is 0.0404. The SMILES string of the molecule is CCCCCCCCCC/C=C/C(CCCCCCCCCCCC)COS(=O)(=O)[O-].CCCCCCCCCC/C=C/C(CCCCCCCCCCCC)COS(=O)(=O)[O-].[Ca+2]. The van der Waals surface area contributed by atoms with Gasteiger partial charge >= 0.3 is 37.7 Å². The summed E-state index contributed by atoms with van der Waals surface area (Å²) in [5.41, 5.74) is 0. The molecule has 0 aliphatic carbocycles. The largest absolute Gasteiger partial charge is 2.00 e. The minimum atomic E-state index is -4.61. The van der Waals surface area contributed by atoms with E-state index in [1.807, 2.05) is 0 Å². The fourth-order valence-corrected chi connectivity index (χ4v) is 8.65. The summed E-state index contributed by atoms with van der Waals surface area (Å²) in [4.78, 5) is 0. The molecule has 0 radical (unpaired) electrons. The molecule has 0 saturated carbocycles. The van der Waals surface area contributed by atoms with E-state index in [-0.39, 0.29) is 62.8 Å². The van der Waals surface area contributed by atoms with Gasteiger partial charge in [-0.3, -0.25) is 8.37 Å². The Morgan fingerprint density at radius 2 is 0.556 bits per heavy atom. The summed E-state index contributed by atoms with van der Waals surface area (Å²) >= 11 is 0. The zero-order chi connectivity index (χ0) is 46.1. The van der Waals surface area contributed by atoms with Gasteiger partial charge in [-0.1, -0.05) is 270 Å². The van der Waals surface area contributed by atoms with Gasteiger partial charge in [0, 0.05) is 11.8 Å². The van der Waals surface area contributed by atoms with Crippen molar-refractivity contribution in [3.05, 3.63) is 24.3 Å². The van der Waals surface area contributed by atoms with Gasteiger partial charge in [-0.05, 0) is 38.5 Å². The van der Waals surface area contributed by atoms with Crippen LogP contribution in [0.15, 0.2) is 24.3 Å². The van der Waals surface area contributed by atoms with Crippen LogP contribution in [0.4, 0.5) is 0 Å². The molecule has 0 fully saturated rings. The number of allylic oxidation sites excluding steroid dienone is 2. The molecule has 11 heteroatoms. The number of hydrogen-bond donors (Lipinski definition) is 0. The second-order valence-electron chi connectivity index (χ2n) is 18.2. The minimum Gasteiger partial charge on any atom is -0.726 e. The third-order valence-corrected chi connectivity index (χ3v) is 12.8. The molecule has 0 aromatic rings. The predicted molar refractivity (Wildman–Crippen MR) is 270 cm³/mol. The van der Waals surface area contributed by atoms with E-state index in [2.05, 4.69) is 60.4 Å². The Bertz CT molecular complexity index is 1070. The Balaban J connectivity index is -0.00000112. The van der Waals surface area contributed by atoms with Crippen LogP contribution in [0.3, 0.4) is 0 Å². The maximum absolute atomic E-state index is 10.8. The number of hydrogen-bond acceptors (Lipinski definition) is 8. The molecule has 0 heterocycles. The van der Waals surface area contributed by atoms with Gasteiger partial charge in [0.15, 0.2) is 0 Å². The average Bonchev–Trinajstić information content (AvgIpc) is 3.23. The third kappa shape index (κ3) is 62.5. The van der Waals surface area contributed by atoms with E-state index in [9.17, 15) is 25.9 Å². The molecule has 0 bridgehead atoms. The second-order valence-corrected chi connectivity index (χ2v) is 20.3. The molecule has 0 aliphatic rings. The molecule has 0 spiro atoms. The first-order valence-corrected chi connectivity index (χ1v) is 29.2. The number of rotatable bonds is 48. The van der Waals surface area contributed by atoms with Gasteiger partial charge in [-0.25, -0.2) is 16.8 Å². The van der Waals surface area contributed by atoms with Crippen LogP contribution in [-0.4, -0.2) is 76.9 Å². The third-order valence-electron chi connectivity index (χ3n) is 12.0. The van der Waals surface area contributed by atoms with Gasteiger partial charge in [0.05, 0.1) is 13.2 Å². The van der Waals surface area contributed by atoms with Crippen LogP contribution in [0, 0.1) is 11.8 Å². The molecular weight excluding hydrogens is 857 g/mol. The molecule has 0 rings (SSSR count). The van der Waals surface area contributed by atoms with E-state index in [4.69, 9.17) is 0 Å². The molecular formula is C52H102CaO8S2. The molecule has 2 atom stereocenters. The molecule has 0 N–H and O–H groups in total. The predicted octanol–water partition coefficient (Wildman–Crippen LogP) is 16.6. The quantitative estimate of drug-likeness (QED) is 0.0194. The van der Waals surface area contributed by atoms with Crippen molar-refractivity contribution in [2.24, 2.45) is 11.8 Å². The Morgan fingerprint density at radius 1 is 0.349 bits per heavy atom. The normalized spacial score (nSPS) is 13.0. The van der Waals surface area contributed by atoms with Crippen molar-refractivity contribution in [3.8, 4) is 0 Å². The Hall–Kier alpha value is 0.480. The Labute approximate surface area is 423 Å². The second kappa shape index (κ2) is 53.4. The summed E-state index contributed by atoms with van der Waals surface area (Å²) < 4.78 is 74.0. The van der Waals surface area contributed by atoms with Crippen LogP contribution in [0.5, 0.6) is 0 Å². The monoisotopic (exact) mass is 959 g/mol. The smallest absolute Gasteiger partial charge is 0.726 e. The average molecular weight is 960 g/mol. The summed E-state index contributed by atoms with van der Waals surface area (Å²) in [6.07, 6.45) is 58.7.